The van der Waals surface area contributed by atoms with Crippen LogP contribution in [0.4, 0.5) is 0 Å². The second kappa shape index (κ2) is 8.65. The van der Waals surface area contributed by atoms with Crippen molar-refractivity contribution < 1.29 is 19.4 Å². The van der Waals surface area contributed by atoms with Gasteiger partial charge in [-0.25, -0.2) is 4.79 Å². The van der Waals surface area contributed by atoms with Crippen molar-refractivity contribution in [2.75, 3.05) is 7.11 Å². The molecule has 25 heavy (non-hydrogen) atoms. The molecule has 130 valence electrons. The predicted octanol–water partition coefficient (Wildman–Crippen LogP) is 2.14. The summed E-state index contributed by atoms with van der Waals surface area (Å²) in [5, 5.41) is 12.9. The summed E-state index contributed by atoms with van der Waals surface area (Å²) in [5.41, 5.74) is 9.61. The maximum absolute atomic E-state index is 10.8. The fourth-order valence-corrected chi connectivity index (χ4v) is 2.01. The number of nitrogens with two attached hydrogens (primary N) is 1. The van der Waals surface area contributed by atoms with Gasteiger partial charge >= 0.3 is 5.97 Å². The highest BCUT2D eigenvalue weighted by Gasteiger charge is 2.07. The first-order valence-corrected chi connectivity index (χ1v) is 7.62. The molecule has 0 aliphatic rings. The Morgan fingerprint density at radius 2 is 2.00 bits per heavy atom. The minimum absolute atomic E-state index is 0.0806. The van der Waals surface area contributed by atoms with E-state index >= 15 is 0 Å². The van der Waals surface area contributed by atoms with Crippen molar-refractivity contribution in [3.8, 4) is 11.5 Å². The van der Waals surface area contributed by atoms with E-state index in [2.05, 4.69) is 22.7 Å². The lowest BCUT2D eigenvalue weighted by atomic mass is 10.1. The summed E-state index contributed by atoms with van der Waals surface area (Å²) < 4.78 is 11.1. The average molecular weight is 359 g/mol. The number of rotatable bonds is 7. The molecule has 8 heteroatoms. The van der Waals surface area contributed by atoms with Crippen LogP contribution in [0.25, 0.3) is 0 Å². The maximum atomic E-state index is 10.8. The number of carboxylic acid groups (broad SMARTS) is 1. The second-order valence-corrected chi connectivity index (χ2v) is 5.38. The molecular weight excluding hydrogens is 342 g/mol. The monoisotopic (exact) mass is 359 g/mol. The molecule has 0 amide bonds. The second-order valence-electron chi connectivity index (χ2n) is 4.94. The molecule has 0 aromatic heterocycles. The average Bonchev–Trinajstić information content (AvgIpc) is 2.60. The minimum atomic E-state index is -0.962. The van der Waals surface area contributed by atoms with Crippen LogP contribution in [0.2, 0.25) is 0 Å². The molecule has 0 bridgehead atoms. The molecule has 2 aromatic rings. The van der Waals surface area contributed by atoms with E-state index in [4.69, 9.17) is 20.3 Å². The van der Waals surface area contributed by atoms with Crippen molar-refractivity contribution in [2.45, 2.75) is 6.61 Å². The van der Waals surface area contributed by atoms with E-state index in [0.29, 0.717) is 11.5 Å². The third-order valence-electron chi connectivity index (χ3n) is 3.17. The van der Waals surface area contributed by atoms with Crippen LogP contribution in [0.3, 0.4) is 0 Å². The Kier molecular flexibility index (Phi) is 6.30. The van der Waals surface area contributed by atoms with Gasteiger partial charge in [0, 0.05) is 0 Å². The standard InChI is InChI=1S/C17H17N3O4S/c1-23-15-8-12(9-19-20-17(18)25)4-7-14(15)24-10-11-2-5-13(6-3-11)16(21)22/h2-9H,10H2,1H3,(H,21,22)(H3,18,20,25). The van der Waals surface area contributed by atoms with Crippen LogP contribution < -0.4 is 20.6 Å². The van der Waals surface area contributed by atoms with Gasteiger partial charge in [0.15, 0.2) is 16.6 Å². The number of aromatic carboxylic acids is 1. The van der Waals surface area contributed by atoms with Crippen LogP contribution in [-0.2, 0) is 6.61 Å². The Labute approximate surface area is 150 Å². The first-order chi connectivity index (χ1) is 12.0. The van der Waals surface area contributed by atoms with E-state index in [-0.39, 0.29) is 17.3 Å². The van der Waals surface area contributed by atoms with E-state index < -0.39 is 5.97 Å². The summed E-state index contributed by atoms with van der Waals surface area (Å²) in [5.74, 6) is 0.141. The molecule has 0 atom stereocenters. The zero-order chi connectivity index (χ0) is 18.2. The van der Waals surface area contributed by atoms with Gasteiger partial charge in [0.05, 0.1) is 18.9 Å². The number of ether oxygens (including phenoxy) is 2. The van der Waals surface area contributed by atoms with Crippen molar-refractivity contribution in [2.24, 2.45) is 10.8 Å². The molecule has 0 saturated heterocycles. The Morgan fingerprint density at radius 1 is 1.28 bits per heavy atom. The topological polar surface area (TPSA) is 106 Å². The van der Waals surface area contributed by atoms with Crippen LogP contribution in [-0.4, -0.2) is 29.5 Å². The van der Waals surface area contributed by atoms with Gasteiger partial charge in [0.2, 0.25) is 0 Å². The summed E-state index contributed by atoms with van der Waals surface area (Å²) in [6.07, 6.45) is 1.55. The van der Waals surface area contributed by atoms with Gasteiger partial charge in [0.1, 0.15) is 6.61 Å². The lowest BCUT2D eigenvalue weighted by molar-refractivity contribution is 0.0697. The smallest absolute Gasteiger partial charge is 0.335 e. The molecule has 0 unspecified atom stereocenters. The highest BCUT2D eigenvalue weighted by Crippen LogP contribution is 2.28. The van der Waals surface area contributed by atoms with E-state index in [0.717, 1.165) is 11.1 Å². The molecule has 7 nitrogen and oxygen atoms in total. The summed E-state index contributed by atoms with van der Waals surface area (Å²) in [6.45, 7) is 0.284. The lowest BCUT2D eigenvalue weighted by Crippen LogP contribution is -2.23. The van der Waals surface area contributed by atoms with Crippen molar-refractivity contribution >= 4 is 29.5 Å². The Hall–Kier alpha value is -3.13. The molecule has 2 aromatic carbocycles. The fourth-order valence-electron chi connectivity index (χ4n) is 1.96. The van der Waals surface area contributed by atoms with Gasteiger partial charge in [-0.05, 0) is 53.7 Å². The van der Waals surface area contributed by atoms with E-state index in [1.807, 2.05) is 0 Å². The Balaban J connectivity index is 2.04. The summed E-state index contributed by atoms with van der Waals surface area (Å²) in [6, 6.07) is 11.8. The molecule has 0 spiro atoms. The molecule has 0 radical (unpaired) electrons. The predicted molar refractivity (Wildman–Crippen MR) is 98.2 cm³/mol. The van der Waals surface area contributed by atoms with Crippen molar-refractivity contribution in [1.29, 1.82) is 0 Å². The van der Waals surface area contributed by atoms with Crippen LogP contribution in [0.15, 0.2) is 47.6 Å². The lowest BCUT2D eigenvalue weighted by Gasteiger charge is -2.11. The molecule has 0 aliphatic carbocycles. The van der Waals surface area contributed by atoms with Crippen molar-refractivity contribution in [1.82, 2.24) is 5.43 Å². The van der Waals surface area contributed by atoms with E-state index in [1.165, 1.54) is 19.2 Å². The van der Waals surface area contributed by atoms with Crippen molar-refractivity contribution in [3.63, 3.8) is 0 Å². The quantitative estimate of drug-likeness (QED) is 0.395. The molecule has 0 aliphatic heterocycles. The van der Waals surface area contributed by atoms with Crippen molar-refractivity contribution in [3.05, 3.63) is 59.2 Å². The maximum Gasteiger partial charge on any atom is 0.335 e. The number of benzene rings is 2. The third-order valence-corrected chi connectivity index (χ3v) is 3.26. The van der Waals surface area contributed by atoms with E-state index in [9.17, 15) is 4.79 Å². The number of carbonyl (C=O) groups is 1. The van der Waals surface area contributed by atoms with Crippen LogP contribution >= 0.6 is 12.2 Å². The highest BCUT2D eigenvalue weighted by molar-refractivity contribution is 7.80. The number of hydrazone groups is 1. The summed E-state index contributed by atoms with van der Waals surface area (Å²) in [7, 11) is 1.54. The van der Waals surface area contributed by atoms with E-state index in [1.54, 1.807) is 36.5 Å². The molecular formula is C17H17N3O4S. The molecule has 4 N–H and O–H groups in total. The third kappa shape index (κ3) is 5.47. The SMILES string of the molecule is COc1cc(C=NNC(N)=S)ccc1OCc1ccc(C(=O)O)cc1. The zero-order valence-electron chi connectivity index (χ0n) is 13.4. The number of hydrogen-bond acceptors (Lipinski definition) is 5. The molecule has 0 heterocycles. The Morgan fingerprint density at radius 3 is 2.60 bits per heavy atom. The van der Waals surface area contributed by atoms with Gasteiger partial charge in [0.25, 0.3) is 0 Å². The zero-order valence-corrected chi connectivity index (χ0v) is 14.2. The number of thiocarbonyl (C=S) groups is 1. The fraction of sp³-hybridized carbons (Fsp3) is 0.118. The number of methoxy groups -OCH3 is 1. The number of hydrogen-bond donors (Lipinski definition) is 3. The van der Waals surface area contributed by atoms with Gasteiger partial charge in [-0.3, -0.25) is 5.43 Å². The number of carboxylic acids is 1. The molecule has 0 saturated carbocycles. The first-order valence-electron chi connectivity index (χ1n) is 7.21. The minimum Gasteiger partial charge on any atom is -0.493 e. The van der Waals surface area contributed by atoms with Gasteiger partial charge in [-0.1, -0.05) is 12.1 Å². The van der Waals surface area contributed by atoms with Gasteiger partial charge < -0.3 is 20.3 Å². The largest absolute Gasteiger partial charge is 0.493 e. The van der Waals surface area contributed by atoms with Crippen LogP contribution in [0.5, 0.6) is 11.5 Å². The normalized spacial score (nSPS) is 10.4. The summed E-state index contributed by atoms with van der Waals surface area (Å²) >= 11 is 4.66. The Bertz CT molecular complexity index is 791. The number of nitrogens with zero attached hydrogens (tertiary/aromatic N) is 1. The molecule has 0 fully saturated rings. The van der Waals surface area contributed by atoms with Gasteiger partial charge in [-0.15, -0.1) is 0 Å². The van der Waals surface area contributed by atoms with Gasteiger partial charge in [-0.2, -0.15) is 5.10 Å². The van der Waals surface area contributed by atoms with Crippen LogP contribution in [0.1, 0.15) is 21.5 Å². The number of nitrogens with one attached hydrogen (secondary N) is 1. The summed E-state index contributed by atoms with van der Waals surface area (Å²) in [4.78, 5) is 10.8. The highest BCUT2D eigenvalue weighted by atomic mass is 32.1. The molecule has 2 rings (SSSR count). The van der Waals surface area contributed by atoms with Crippen LogP contribution in [0, 0.1) is 0 Å². The first kappa shape index (κ1) is 18.2.